The van der Waals surface area contributed by atoms with Gasteiger partial charge in [0.2, 0.25) is 0 Å². The zero-order valence-corrected chi connectivity index (χ0v) is 39.6. The van der Waals surface area contributed by atoms with Crippen molar-refractivity contribution in [3.63, 3.8) is 0 Å². The molecule has 20 heteroatoms. The van der Waals surface area contributed by atoms with Gasteiger partial charge in [0.15, 0.2) is 11.9 Å². The van der Waals surface area contributed by atoms with Gasteiger partial charge in [0.1, 0.15) is 41.5 Å². The van der Waals surface area contributed by atoms with Crippen LogP contribution in [0.3, 0.4) is 0 Å². The molecule has 370 valence electrons. The van der Waals surface area contributed by atoms with Gasteiger partial charge in [-0.3, -0.25) is 24.4 Å². The minimum atomic E-state index is -4.62. The molecule has 2 aromatic rings. The zero-order chi connectivity index (χ0) is 49.6. The number of ketones is 1. The van der Waals surface area contributed by atoms with E-state index in [1.165, 1.54) is 38.3 Å². The van der Waals surface area contributed by atoms with Crippen molar-refractivity contribution in [2.24, 2.45) is 23.7 Å². The Balaban J connectivity index is 1.61. The Morgan fingerprint density at radius 2 is 1.78 bits per heavy atom. The number of likely N-dealkylation sites (N-methyl/N-ethyl adjacent to an activating group) is 1. The number of pyridine rings is 2. The van der Waals surface area contributed by atoms with Gasteiger partial charge in [0.05, 0.1) is 24.5 Å². The lowest BCUT2D eigenvalue weighted by Crippen LogP contribution is -2.61. The first-order chi connectivity index (χ1) is 31.4. The van der Waals surface area contributed by atoms with E-state index in [0.29, 0.717) is 17.5 Å². The number of aliphatic hydroxyl groups excluding tert-OH is 1. The summed E-state index contributed by atoms with van der Waals surface area (Å²) in [7, 11) is 3.58. The number of carbonyl (C=O) groups excluding carboxylic acids is 5. The number of esters is 2. The van der Waals surface area contributed by atoms with Gasteiger partial charge in [-0.15, -0.1) is 0 Å². The van der Waals surface area contributed by atoms with Crippen LogP contribution in [-0.2, 0) is 55.4 Å². The van der Waals surface area contributed by atoms with Crippen molar-refractivity contribution >= 4 is 36.0 Å². The first-order valence-corrected chi connectivity index (χ1v) is 22.5. The zero-order valence-electron chi connectivity index (χ0n) is 39.6. The number of cyclic esters (lactones) is 1. The van der Waals surface area contributed by atoms with E-state index in [-0.39, 0.29) is 31.6 Å². The highest BCUT2D eigenvalue weighted by Crippen LogP contribution is 2.42. The fourth-order valence-corrected chi connectivity index (χ4v) is 9.55. The molecular weight excluding hydrogens is 884 g/mol. The number of alkyl carbamates (subject to hydrolysis) is 2. The number of hydrogen-bond acceptors (Lipinski definition) is 15. The average molecular weight is 948 g/mol. The van der Waals surface area contributed by atoms with Crippen LogP contribution in [0.1, 0.15) is 91.5 Å². The molecule has 0 bridgehead atoms. The number of amides is 2. The Kier molecular flexibility index (Phi) is 17.2. The van der Waals surface area contributed by atoms with E-state index in [0.717, 1.165) is 12.3 Å². The van der Waals surface area contributed by atoms with Gasteiger partial charge in [-0.2, -0.15) is 13.2 Å². The molecule has 2 amide bonds. The van der Waals surface area contributed by atoms with Gasteiger partial charge in [-0.05, 0) is 84.3 Å². The predicted octanol–water partition coefficient (Wildman–Crippen LogP) is 5.67. The fourth-order valence-electron chi connectivity index (χ4n) is 9.55. The highest BCUT2D eigenvalue weighted by Gasteiger charge is 2.58. The van der Waals surface area contributed by atoms with Crippen molar-refractivity contribution < 1.29 is 70.7 Å². The molecule has 3 aliphatic heterocycles. The monoisotopic (exact) mass is 947 g/mol. The smallest absolute Gasteiger partial charge is 0.433 e. The van der Waals surface area contributed by atoms with E-state index in [1.807, 2.05) is 4.90 Å². The molecule has 2 aromatic heterocycles. The van der Waals surface area contributed by atoms with Crippen molar-refractivity contribution in [2.45, 2.75) is 147 Å². The van der Waals surface area contributed by atoms with Crippen LogP contribution in [0.4, 0.5) is 22.8 Å². The van der Waals surface area contributed by atoms with E-state index in [9.17, 15) is 42.3 Å². The Morgan fingerprint density at radius 1 is 1.06 bits per heavy atom. The average Bonchev–Trinajstić information content (AvgIpc) is 3.58. The van der Waals surface area contributed by atoms with Crippen molar-refractivity contribution in [1.29, 1.82) is 0 Å². The second-order valence-corrected chi connectivity index (χ2v) is 18.6. The number of halogens is 3. The molecule has 3 N–H and O–H groups in total. The van der Waals surface area contributed by atoms with Crippen LogP contribution in [0.25, 0.3) is 6.08 Å². The summed E-state index contributed by atoms with van der Waals surface area (Å²) in [5.74, 6) is -6.21. The molecule has 0 unspecified atom stereocenters. The van der Waals surface area contributed by atoms with E-state index < -0.39 is 120 Å². The summed E-state index contributed by atoms with van der Waals surface area (Å²) in [6.07, 6.45) is -6.31. The lowest BCUT2D eigenvalue weighted by molar-refractivity contribution is -0.298. The van der Waals surface area contributed by atoms with Crippen LogP contribution in [-0.4, -0.2) is 131 Å². The third-order valence-corrected chi connectivity index (χ3v) is 13.1. The van der Waals surface area contributed by atoms with Crippen molar-refractivity contribution in [1.82, 2.24) is 25.5 Å². The molecule has 3 saturated heterocycles. The summed E-state index contributed by atoms with van der Waals surface area (Å²) in [6.45, 7) is 12.8. The lowest BCUT2D eigenvalue weighted by Gasteiger charge is -2.48. The van der Waals surface area contributed by atoms with E-state index >= 15 is 0 Å². The summed E-state index contributed by atoms with van der Waals surface area (Å²) in [4.78, 5) is 79.4. The lowest BCUT2D eigenvalue weighted by atomic mass is 9.73. The number of rotatable bonds is 11. The molecule has 0 radical (unpaired) electrons. The maximum absolute atomic E-state index is 14.7. The molecule has 17 nitrogen and oxygen atoms in total. The van der Waals surface area contributed by atoms with Crippen molar-refractivity contribution in [3.05, 3.63) is 65.8 Å². The topological polar surface area (TPSA) is 214 Å². The maximum Gasteiger partial charge on any atom is 0.433 e. The van der Waals surface area contributed by atoms with Gasteiger partial charge >= 0.3 is 30.3 Å². The highest BCUT2D eigenvalue weighted by molar-refractivity contribution is 5.85. The SMILES string of the molecule is CC[C@H]1OC(=O)[C@H](C)[C@@H](OC(=O)Cc2cccnc2)[C@H](C)[C@@H](O[C@@H]2O[C@H](C)C[C@H](N(C)C)[C@H]2O)[C@](C)(OC(=O)NCC=Cc2ccc(C(F)(F)F)nc2)C[C@@H](C)C(=O)[C@H](C)[C@H]2NC(=O)O[C@@]21C. The van der Waals surface area contributed by atoms with Crippen LogP contribution in [0, 0.1) is 23.7 Å². The fraction of sp³-hybridized carbons (Fsp3) is 0.638. The third-order valence-electron chi connectivity index (χ3n) is 13.1. The number of alkyl halides is 3. The quantitative estimate of drug-likeness (QED) is 0.183. The van der Waals surface area contributed by atoms with Crippen LogP contribution < -0.4 is 10.6 Å². The molecule has 14 atom stereocenters. The van der Waals surface area contributed by atoms with Gasteiger partial charge in [0, 0.05) is 48.9 Å². The maximum atomic E-state index is 14.7. The van der Waals surface area contributed by atoms with E-state index in [1.54, 1.807) is 74.0 Å². The Bertz CT molecular complexity index is 2080. The number of carbonyl (C=O) groups is 5. The number of fused-ring (bicyclic) bond motifs is 1. The van der Waals surface area contributed by atoms with Crippen LogP contribution in [0.2, 0.25) is 0 Å². The van der Waals surface area contributed by atoms with Crippen molar-refractivity contribution in [2.75, 3.05) is 20.6 Å². The first-order valence-electron chi connectivity index (χ1n) is 22.5. The van der Waals surface area contributed by atoms with E-state index in [4.69, 9.17) is 28.4 Å². The standard InChI is InChI=1S/C47H64F3N5O12/c1-11-34-46(8)39(54-44(61)67-46)27(4)36(57)25(2)22-45(7,66-43(60)52-19-13-14-30-16-17-33(53-24-30)47(48,49)50)40(65-42-37(58)32(55(9)10)20-26(3)62-42)28(5)38(29(6)41(59)63-34)64-35(56)21-31-15-12-18-51-23-31/h12-18,23-29,32,34,37-40,42,58H,11,19-22H2,1-10H3,(H,52,60)(H,54,61)/t25-,26-,27+,28+,29-,32+,34-,37-,38+,39-,40-,42+,45-,46-/m1/s1. The number of aliphatic hydroxyl groups is 1. The van der Waals surface area contributed by atoms with Gasteiger partial charge in [-0.1, -0.05) is 52.0 Å². The van der Waals surface area contributed by atoms with Crippen LogP contribution in [0.15, 0.2) is 48.9 Å². The third kappa shape index (κ3) is 12.7. The van der Waals surface area contributed by atoms with Crippen LogP contribution in [0.5, 0.6) is 0 Å². The number of Topliss-reactive ketones (excluding diaryl/α,β-unsaturated/α-hetero) is 1. The summed E-state index contributed by atoms with van der Waals surface area (Å²) in [5, 5.41) is 17.2. The predicted molar refractivity (Wildman–Crippen MR) is 235 cm³/mol. The summed E-state index contributed by atoms with van der Waals surface area (Å²) in [5.41, 5.74) is -3.62. The largest absolute Gasteiger partial charge is 0.461 e. The number of aromatic nitrogens is 2. The molecule has 5 rings (SSSR count). The molecule has 5 heterocycles. The van der Waals surface area contributed by atoms with Gasteiger partial charge < -0.3 is 49.1 Å². The molecule has 0 aliphatic carbocycles. The molecule has 0 spiro atoms. The Morgan fingerprint density at radius 3 is 2.39 bits per heavy atom. The van der Waals surface area contributed by atoms with Crippen LogP contribution >= 0.6 is 0 Å². The molecule has 3 fully saturated rings. The van der Waals surface area contributed by atoms with Gasteiger partial charge in [0.25, 0.3) is 0 Å². The molecule has 0 saturated carbocycles. The summed E-state index contributed by atoms with van der Waals surface area (Å²) < 4.78 is 76.8. The van der Waals surface area contributed by atoms with E-state index in [2.05, 4.69) is 20.6 Å². The molecular formula is C47H64F3N5O12. The minimum absolute atomic E-state index is 0.170. The second-order valence-electron chi connectivity index (χ2n) is 18.6. The highest BCUT2D eigenvalue weighted by atomic mass is 19.4. The number of hydrogen-bond donors (Lipinski definition) is 3. The molecule has 67 heavy (non-hydrogen) atoms. The Labute approximate surface area is 388 Å². The first kappa shape index (κ1) is 52.8. The summed E-state index contributed by atoms with van der Waals surface area (Å²) in [6, 6.07) is 3.93. The van der Waals surface area contributed by atoms with Crippen molar-refractivity contribution in [3.8, 4) is 0 Å². The number of nitrogens with one attached hydrogen (secondary N) is 2. The number of ether oxygens (including phenoxy) is 6. The number of nitrogens with zero attached hydrogens (tertiary/aromatic N) is 3. The molecule has 3 aliphatic rings. The summed E-state index contributed by atoms with van der Waals surface area (Å²) >= 11 is 0. The Hall–Kier alpha value is -5.18. The second kappa shape index (κ2) is 21.8. The van der Waals surface area contributed by atoms with Gasteiger partial charge in [-0.25, -0.2) is 9.59 Å². The minimum Gasteiger partial charge on any atom is -0.461 e. The molecule has 0 aromatic carbocycles. The normalized spacial score (nSPS) is 34.3.